The number of H-pyrrole nitrogens is 1. The molecule has 0 aliphatic carbocycles. The molecular weight excluding hydrogens is 364 g/mol. The number of carbonyl (C=O) groups excluding carboxylic acids is 2. The van der Waals surface area contributed by atoms with Gasteiger partial charge in [-0.25, -0.2) is 0 Å². The minimum absolute atomic E-state index is 0.0898. The van der Waals surface area contributed by atoms with Crippen LogP contribution in [0, 0.1) is 19.8 Å². The Morgan fingerprint density at radius 1 is 1.07 bits per heavy atom. The molecule has 2 saturated heterocycles. The van der Waals surface area contributed by atoms with Crippen molar-refractivity contribution in [1.29, 1.82) is 0 Å². The van der Waals surface area contributed by atoms with Crippen molar-refractivity contribution in [3.05, 3.63) is 23.0 Å². The van der Waals surface area contributed by atoms with Gasteiger partial charge in [0, 0.05) is 31.7 Å². The van der Waals surface area contributed by atoms with E-state index in [4.69, 9.17) is 0 Å². The maximum absolute atomic E-state index is 12.7. The first-order chi connectivity index (χ1) is 14.0. The first-order valence-corrected chi connectivity index (χ1v) is 11.5. The number of aromatic amines is 1. The Bertz CT molecular complexity index is 668. The minimum Gasteiger partial charge on any atom is -0.356 e. The Hall–Kier alpha value is -1.82. The van der Waals surface area contributed by atoms with Crippen LogP contribution >= 0.6 is 0 Å². The molecule has 3 rings (SSSR count). The summed E-state index contributed by atoms with van der Waals surface area (Å²) in [5.41, 5.74) is 2.74. The zero-order chi connectivity index (χ0) is 20.6. The number of amides is 2. The standard InChI is InChI=1S/C23H38N4O2/c1-18-16-19(2)25-22(18)23(29)27-14-8-20(9-15-27)17-21(28)24-10-7-13-26-11-5-3-4-6-12-26/h16,20,25H,3-15,17H2,1-2H3,(H,24,28). The highest BCUT2D eigenvalue weighted by atomic mass is 16.2. The van der Waals surface area contributed by atoms with Gasteiger partial charge in [-0.15, -0.1) is 0 Å². The summed E-state index contributed by atoms with van der Waals surface area (Å²) in [5.74, 6) is 0.643. The molecule has 3 heterocycles. The van der Waals surface area contributed by atoms with Gasteiger partial charge in [-0.2, -0.15) is 0 Å². The number of nitrogens with one attached hydrogen (secondary N) is 2. The van der Waals surface area contributed by atoms with Crippen LogP contribution in [0.5, 0.6) is 0 Å². The lowest BCUT2D eigenvalue weighted by molar-refractivity contribution is -0.122. The van der Waals surface area contributed by atoms with E-state index in [0.29, 0.717) is 18.0 Å². The monoisotopic (exact) mass is 402 g/mol. The van der Waals surface area contributed by atoms with E-state index < -0.39 is 0 Å². The largest absolute Gasteiger partial charge is 0.356 e. The molecule has 6 nitrogen and oxygen atoms in total. The van der Waals surface area contributed by atoms with Gasteiger partial charge >= 0.3 is 0 Å². The highest BCUT2D eigenvalue weighted by molar-refractivity contribution is 5.94. The maximum Gasteiger partial charge on any atom is 0.270 e. The molecule has 0 radical (unpaired) electrons. The molecule has 6 heteroatoms. The zero-order valence-electron chi connectivity index (χ0n) is 18.3. The number of hydrogen-bond acceptors (Lipinski definition) is 3. The molecule has 0 unspecified atom stereocenters. The summed E-state index contributed by atoms with van der Waals surface area (Å²) in [6, 6.07) is 2.01. The number of aryl methyl sites for hydroxylation is 2. The van der Waals surface area contributed by atoms with E-state index in [2.05, 4.69) is 15.2 Å². The SMILES string of the molecule is Cc1cc(C)c(C(=O)N2CCC(CC(=O)NCCCN3CCCCCC3)CC2)[nH]1. The van der Waals surface area contributed by atoms with Crippen LogP contribution < -0.4 is 5.32 Å². The molecule has 2 fully saturated rings. The molecule has 29 heavy (non-hydrogen) atoms. The first-order valence-electron chi connectivity index (χ1n) is 11.5. The summed E-state index contributed by atoms with van der Waals surface area (Å²) in [5, 5.41) is 3.10. The topological polar surface area (TPSA) is 68.4 Å². The van der Waals surface area contributed by atoms with Crippen molar-refractivity contribution in [3.63, 3.8) is 0 Å². The van der Waals surface area contributed by atoms with Crippen LogP contribution in [0.15, 0.2) is 6.07 Å². The van der Waals surface area contributed by atoms with Crippen molar-refractivity contribution < 1.29 is 9.59 Å². The molecule has 2 amide bonds. The summed E-state index contributed by atoms with van der Waals surface area (Å²) in [7, 11) is 0. The fraction of sp³-hybridized carbons (Fsp3) is 0.739. The number of aromatic nitrogens is 1. The van der Waals surface area contributed by atoms with Crippen molar-refractivity contribution >= 4 is 11.8 Å². The van der Waals surface area contributed by atoms with Crippen molar-refractivity contribution in [1.82, 2.24) is 20.1 Å². The van der Waals surface area contributed by atoms with Gasteiger partial charge in [-0.05, 0) is 83.1 Å². The summed E-state index contributed by atoms with van der Waals surface area (Å²) in [6.07, 6.45) is 8.80. The lowest BCUT2D eigenvalue weighted by atomic mass is 9.93. The smallest absolute Gasteiger partial charge is 0.270 e. The third-order valence-electron chi connectivity index (χ3n) is 6.41. The Labute approximate surface area is 175 Å². The molecule has 162 valence electrons. The highest BCUT2D eigenvalue weighted by Gasteiger charge is 2.26. The van der Waals surface area contributed by atoms with Crippen molar-refractivity contribution in [2.24, 2.45) is 5.92 Å². The van der Waals surface area contributed by atoms with E-state index in [0.717, 1.165) is 56.7 Å². The van der Waals surface area contributed by atoms with Gasteiger partial charge in [-0.1, -0.05) is 12.8 Å². The average molecular weight is 403 g/mol. The summed E-state index contributed by atoms with van der Waals surface area (Å²) in [4.78, 5) is 32.6. The van der Waals surface area contributed by atoms with Gasteiger partial charge in [0.15, 0.2) is 0 Å². The molecule has 2 aliphatic heterocycles. The van der Waals surface area contributed by atoms with Crippen LogP contribution in [0.2, 0.25) is 0 Å². The number of hydrogen-bond donors (Lipinski definition) is 2. The normalized spacial score (nSPS) is 19.2. The van der Waals surface area contributed by atoms with E-state index in [1.54, 1.807) is 0 Å². The highest BCUT2D eigenvalue weighted by Crippen LogP contribution is 2.22. The Morgan fingerprint density at radius 2 is 1.76 bits per heavy atom. The van der Waals surface area contributed by atoms with Crippen LogP contribution in [-0.2, 0) is 4.79 Å². The average Bonchev–Trinajstić information content (AvgIpc) is 2.89. The van der Waals surface area contributed by atoms with E-state index >= 15 is 0 Å². The lowest BCUT2D eigenvalue weighted by Gasteiger charge is -2.31. The van der Waals surface area contributed by atoms with Gasteiger partial charge in [0.05, 0.1) is 0 Å². The molecule has 2 N–H and O–H groups in total. The summed E-state index contributed by atoms with van der Waals surface area (Å²) in [6.45, 7) is 9.73. The summed E-state index contributed by atoms with van der Waals surface area (Å²) >= 11 is 0. The molecule has 0 spiro atoms. The predicted octanol–water partition coefficient (Wildman–Crippen LogP) is 3.26. The zero-order valence-corrected chi connectivity index (χ0v) is 18.3. The predicted molar refractivity (Wildman–Crippen MR) is 116 cm³/mol. The second-order valence-electron chi connectivity index (χ2n) is 8.91. The second-order valence-corrected chi connectivity index (χ2v) is 8.91. The second kappa shape index (κ2) is 10.8. The van der Waals surface area contributed by atoms with Crippen LogP contribution in [0.25, 0.3) is 0 Å². The van der Waals surface area contributed by atoms with Gasteiger partial charge < -0.3 is 20.1 Å². The number of carbonyl (C=O) groups is 2. The first kappa shape index (κ1) is 21.9. The minimum atomic E-state index is 0.0898. The molecule has 0 aromatic carbocycles. The van der Waals surface area contributed by atoms with E-state index in [1.807, 2.05) is 24.8 Å². The van der Waals surface area contributed by atoms with Crippen molar-refractivity contribution in [2.45, 2.75) is 65.2 Å². The van der Waals surface area contributed by atoms with E-state index in [-0.39, 0.29) is 11.8 Å². The molecule has 0 atom stereocenters. The van der Waals surface area contributed by atoms with Crippen LogP contribution in [0.4, 0.5) is 0 Å². The molecule has 1 aromatic rings. The Morgan fingerprint density at radius 3 is 2.38 bits per heavy atom. The van der Waals surface area contributed by atoms with Gasteiger partial charge in [0.1, 0.15) is 5.69 Å². The maximum atomic E-state index is 12.7. The fourth-order valence-corrected chi connectivity index (χ4v) is 4.67. The van der Waals surface area contributed by atoms with Gasteiger partial charge in [-0.3, -0.25) is 9.59 Å². The molecule has 2 aliphatic rings. The quantitative estimate of drug-likeness (QED) is 0.688. The third kappa shape index (κ3) is 6.59. The van der Waals surface area contributed by atoms with Crippen molar-refractivity contribution in [3.8, 4) is 0 Å². The Kier molecular flexibility index (Phi) is 8.16. The van der Waals surface area contributed by atoms with Gasteiger partial charge in [0.2, 0.25) is 5.91 Å². The van der Waals surface area contributed by atoms with Crippen molar-refractivity contribution in [2.75, 3.05) is 39.3 Å². The molecule has 0 saturated carbocycles. The number of rotatable bonds is 7. The van der Waals surface area contributed by atoms with Crippen LogP contribution in [0.1, 0.15) is 73.1 Å². The number of piperidine rings is 1. The Balaban J connectivity index is 1.31. The van der Waals surface area contributed by atoms with Crippen LogP contribution in [0.3, 0.4) is 0 Å². The number of likely N-dealkylation sites (tertiary alicyclic amines) is 2. The molecule has 1 aromatic heterocycles. The third-order valence-corrected chi connectivity index (χ3v) is 6.41. The van der Waals surface area contributed by atoms with E-state index in [9.17, 15) is 9.59 Å². The summed E-state index contributed by atoms with van der Waals surface area (Å²) < 4.78 is 0. The molecular formula is C23H38N4O2. The van der Waals surface area contributed by atoms with E-state index in [1.165, 1.54) is 38.8 Å². The number of nitrogens with zero attached hydrogens (tertiary/aromatic N) is 2. The van der Waals surface area contributed by atoms with Crippen LogP contribution in [-0.4, -0.2) is 65.9 Å². The fourth-order valence-electron chi connectivity index (χ4n) is 4.67. The van der Waals surface area contributed by atoms with Gasteiger partial charge in [0.25, 0.3) is 5.91 Å². The molecule has 0 bridgehead atoms. The lowest BCUT2D eigenvalue weighted by Crippen LogP contribution is -2.40.